The second kappa shape index (κ2) is 5.95. The molecule has 0 bridgehead atoms. The first-order valence-electron chi connectivity index (χ1n) is 5.74. The highest BCUT2D eigenvalue weighted by atomic mass is 16.5. The van der Waals surface area contributed by atoms with E-state index in [1.165, 1.54) is 7.11 Å². The van der Waals surface area contributed by atoms with Crippen LogP contribution in [-0.4, -0.2) is 30.0 Å². The van der Waals surface area contributed by atoms with Gasteiger partial charge in [0.15, 0.2) is 5.78 Å². The third kappa shape index (κ3) is 3.07. The molecule has 5 heteroatoms. The van der Waals surface area contributed by atoms with E-state index in [2.05, 4.69) is 9.97 Å². The minimum Gasteiger partial charge on any atom is -0.497 e. The van der Waals surface area contributed by atoms with Crippen molar-refractivity contribution in [3.63, 3.8) is 0 Å². The standard InChI is InChI=1S/C14H14N2O3/c1-18-11-3-4-14(19-2)12(8-11)13(17)7-10-9-15-5-6-16-10/h3-6,8-9H,7H2,1-2H3. The SMILES string of the molecule is COc1ccc(OC)c(C(=O)Cc2cnccn2)c1. The number of ketones is 1. The van der Waals surface area contributed by atoms with Crippen LogP contribution in [0.25, 0.3) is 0 Å². The van der Waals surface area contributed by atoms with Crippen molar-refractivity contribution in [1.82, 2.24) is 9.97 Å². The monoisotopic (exact) mass is 258 g/mol. The maximum Gasteiger partial charge on any atom is 0.172 e. The maximum absolute atomic E-state index is 12.3. The predicted octanol–water partition coefficient (Wildman–Crippen LogP) is 1.92. The Kier molecular flexibility index (Phi) is 4.07. The van der Waals surface area contributed by atoms with E-state index in [-0.39, 0.29) is 12.2 Å². The number of nitrogens with zero attached hydrogens (tertiary/aromatic N) is 2. The summed E-state index contributed by atoms with van der Waals surface area (Å²) in [5.41, 5.74) is 1.10. The fourth-order valence-corrected chi connectivity index (χ4v) is 1.71. The summed E-state index contributed by atoms with van der Waals surface area (Å²) in [6, 6.07) is 5.12. The van der Waals surface area contributed by atoms with E-state index in [0.29, 0.717) is 22.8 Å². The molecule has 0 unspecified atom stereocenters. The molecule has 1 aromatic heterocycles. The molecule has 1 aromatic carbocycles. The summed E-state index contributed by atoms with van der Waals surface area (Å²) in [5.74, 6) is 1.05. The zero-order valence-corrected chi connectivity index (χ0v) is 10.8. The number of hydrogen-bond acceptors (Lipinski definition) is 5. The minimum absolute atomic E-state index is 0.0868. The van der Waals surface area contributed by atoms with Crippen molar-refractivity contribution in [1.29, 1.82) is 0 Å². The van der Waals surface area contributed by atoms with Gasteiger partial charge in [0, 0.05) is 18.6 Å². The van der Waals surface area contributed by atoms with E-state index >= 15 is 0 Å². The lowest BCUT2D eigenvalue weighted by Crippen LogP contribution is -2.07. The Morgan fingerprint density at radius 3 is 2.68 bits per heavy atom. The Morgan fingerprint density at radius 1 is 1.21 bits per heavy atom. The second-order valence-electron chi connectivity index (χ2n) is 3.86. The van der Waals surface area contributed by atoms with Crippen LogP contribution < -0.4 is 9.47 Å². The van der Waals surface area contributed by atoms with E-state index in [1.807, 2.05) is 0 Å². The van der Waals surface area contributed by atoms with Crippen molar-refractivity contribution >= 4 is 5.78 Å². The molecule has 2 rings (SSSR count). The molecule has 5 nitrogen and oxygen atoms in total. The Morgan fingerprint density at radius 2 is 2.05 bits per heavy atom. The summed E-state index contributed by atoms with van der Waals surface area (Å²) >= 11 is 0. The van der Waals surface area contributed by atoms with Crippen molar-refractivity contribution in [2.45, 2.75) is 6.42 Å². The number of Topliss-reactive ketones (excluding diaryl/α,β-unsaturated/α-hetero) is 1. The second-order valence-corrected chi connectivity index (χ2v) is 3.86. The largest absolute Gasteiger partial charge is 0.497 e. The molecule has 0 N–H and O–H groups in total. The molecule has 0 atom stereocenters. The van der Waals surface area contributed by atoms with E-state index in [1.54, 1.807) is 43.9 Å². The predicted molar refractivity (Wildman–Crippen MR) is 69.6 cm³/mol. The van der Waals surface area contributed by atoms with Crippen molar-refractivity contribution < 1.29 is 14.3 Å². The molecule has 0 radical (unpaired) electrons. The first-order chi connectivity index (χ1) is 9.24. The van der Waals surface area contributed by atoms with E-state index < -0.39 is 0 Å². The van der Waals surface area contributed by atoms with E-state index in [9.17, 15) is 4.79 Å². The highest BCUT2D eigenvalue weighted by Gasteiger charge is 2.14. The summed E-state index contributed by atoms with van der Waals surface area (Å²) in [6.07, 6.45) is 4.88. The minimum atomic E-state index is -0.0868. The molecule has 1 heterocycles. The molecule has 19 heavy (non-hydrogen) atoms. The number of carbonyl (C=O) groups excluding carboxylic acids is 1. The van der Waals surface area contributed by atoms with E-state index in [0.717, 1.165) is 0 Å². The first-order valence-corrected chi connectivity index (χ1v) is 5.74. The lowest BCUT2D eigenvalue weighted by atomic mass is 10.1. The van der Waals surface area contributed by atoms with Crippen molar-refractivity contribution in [3.8, 4) is 11.5 Å². The molecule has 0 fully saturated rings. The fourth-order valence-electron chi connectivity index (χ4n) is 1.71. The Labute approximate surface area is 111 Å². The number of methoxy groups -OCH3 is 2. The van der Waals surface area contributed by atoms with Crippen molar-refractivity contribution in [2.75, 3.05) is 14.2 Å². The summed E-state index contributed by atoms with van der Waals surface area (Å²) in [7, 11) is 3.08. The molecule has 0 spiro atoms. The zero-order chi connectivity index (χ0) is 13.7. The number of benzene rings is 1. The lowest BCUT2D eigenvalue weighted by Gasteiger charge is -2.09. The smallest absolute Gasteiger partial charge is 0.172 e. The summed E-state index contributed by atoms with van der Waals surface area (Å²) in [6.45, 7) is 0. The topological polar surface area (TPSA) is 61.3 Å². The van der Waals surface area contributed by atoms with Crippen LogP contribution in [0.2, 0.25) is 0 Å². The number of rotatable bonds is 5. The Hall–Kier alpha value is -2.43. The molecule has 0 aliphatic heterocycles. The van der Waals surface area contributed by atoms with Gasteiger partial charge in [-0.3, -0.25) is 14.8 Å². The molecule has 98 valence electrons. The van der Waals surface area contributed by atoms with Gasteiger partial charge < -0.3 is 9.47 Å². The van der Waals surface area contributed by atoms with Crippen LogP contribution >= 0.6 is 0 Å². The lowest BCUT2D eigenvalue weighted by molar-refractivity contribution is 0.0988. The van der Waals surface area contributed by atoms with Gasteiger partial charge in [0.25, 0.3) is 0 Å². The highest BCUT2D eigenvalue weighted by Crippen LogP contribution is 2.25. The van der Waals surface area contributed by atoms with Gasteiger partial charge >= 0.3 is 0 Å². The van der Waals surface area contributed by atoms with Gasteiger partial charge in [-0.2, -0.15) is 0 Å². The molecular formula is C14H14N2O3. The van der Waals surface area contributed by atoms with Gasteiger partial charge in [-0.1, -0.05) is 0 Å². The molecule has 0 saturated carbocycles. The van der Waals surface area contributed by atoms with Crippen LogP contribution in [0, 0.1) is 0 Å². The summed E-state index contributed by atoms with van der Waals surface area (Å²) in [5, 5.41) is 0. The maximum atomic E-state index is 12.3. The third-order valence-corrected chi connectivity index (χ3v) is 2.67. The molecule has 0 aliphatic rings. The first kappa shape index (κ1) is 13.0. The van der Waals surface area contributed by atoms with Crippen LogP contribution in [0.4, 0.5) is 0 Å². The Balaban J connectivity index is 2.27. The van der Waals surface area contributed by atoms with Gasteiger partial charge in [0.05, 0.1) is 31.9 Å². The number of hydrogen-bond donors (Lipinski definition) is 0. The molecular weight excluding hydrogens is 244 g/mol. The Bertz CT molecular complexity index is 570. The van der Waals surface area contributed by atoms with Crippen LogP contribution in [-0.2, 0) is 6.42 Å². The van der Waals surface area contributed by atoms with Gasteiger partial charge in [0.2, 0.25) is 0 Å². The average molecular weight is 258 g/mol. The molecule has 2 aromatic rings. The quantitative estimate of drug-likeness (QED) is 0.767. The number of aromatic nitrogens is 2. The fraction of sp³-hybridized carbons (Fsp3) is 0.214. The van der Waals surface area contributed by atoms with Crippen LogP contribution in [0.3, 0.4) is 0 Å². The van der Waals surface area contributed by atoms with Crippen molar-refractivity contribution in [2.24, 2.45) is 0 Å². The van der Waals surface area contributed by atoms with Crippen molar-refractivity contribution in [3.05, 3.63) is 48.0 Å². The molecule has 0 aliphatic carbocycles. The van der Waals surface area contributed by atoms with Crippen LogP contribution in [0.1, 0.15) is 16.1 Å². The van der Waals surface area contributed by atoms with E-state index in [4.69, 9.17) is 9.47 Å². The molecule has 0 saturated heterocycles. The number of ether oxygens (including phenoxy) is 2. The normalized spacial score (nSPS) is 10.0. The molecule has 0 amide bonds. The van der Waals surface area contributed by atoms with Gasteiger partial charge in [-0.05, 0) is 18.2 Å². The van der Waals surface area contributed by atoms with Crippen LogP contribution in [0.15, 0.2) is 36.8 Å². The van der Waals surface area contributed by atoms with Gasteiger partial charge in [0.1, 0.15) is 11.5 Å². The third-order valence-electron chi connectivity index (χ3n) is 2.67. The summed E-state index contributed by atoms with van der Waals surface area (Å²) < 4.78 is 10.3. The highest BCUT2D eigenvalue weighted by molar-refractivity contribution is 6.00. The number of carbonyl (C=O) groups is 1. The average Bonchev–Trinajstić information content (AvgIpc) is 2.47. The van der Waals surface area contributed by atoms with Crippen LogP contribution in [0.5, 0.6) is 11.5 Å². The van der Waals surface area contributed by atoms with Gasteiger partial charge in [-0.15, -0.1) is 0 Å². The van der Waals surface area contributed by atoms with Gasteiger partial charge in [-0.25, -0.2) is 0 Å². The summed E-state index contributed by atoms with van der Waals surface area (Å²) in [4.78, 5) is 20.3. The zero-order valence-electron chi connectivity index (χ0n) is 10.8.